The summed E-state index contributed by atoms with van der Waals surface area (Å²) in [4.78, 5) is 29.0. The van der Waals surface area contributed by atoms with E-state index < -0.39 is 11.5 Å². The van der Waals surface area contributed by atoms with Gasteiger partial charge in [0.2, 0.25) is 0 Å². The van der Waals surface area contributed by atoms with Gasteiger partial charge in [-0.2, -0.15) is 0 Å². The number of hydrogen-bond acceptors (Lipinski definition) is 4. The highest BCUT2D eigenvalue weighted by atomic mass is 16.5. The van der Waals surface area contributed by atoms with Crippen molar-refractivity contribution in [3.8, 4) is 0 Å². The second-order valence-electron chi connectivity index (χ2n) is 4.41. The first-order valence-electron chi connectivity index (χ1n) is 5.66. The largest absolute Gasteiger partial charge is 0.367 e. The molecule has 0 bridgehead atoms. The topological polar surface area (TPSA) is 85.5 Å². The number of nitrogens with two attached hydrogens (primary N) is 1. The number of morpholine rings is 1. The molecule has 1 aliphatic rings. The number of aromatic nitrogens is 1. The van der Waals surface area contributed by atoms with Gasteiger partial charge in [0, 0.05) is 24.5 Å². The van der Waals surface area contributed by atoms with E-state index in [4.69, 9.17) is 10.5 Å². The smallest absolute Gasteiger partial charge is 0.254 e. The van der Waals surface area contributed by atoms with Crippen molar-refractivity contribution in [1.29, 1.82) is 0 Å². The first kappa shape index (κ1) is 12.5. The molecule has 0 radical (unpaired) electrons. The molecule has 2 N–H and O–H groups in total. The fourth-order valence-electron chi connectivity index (χ4n) is 1.87. The molecule has 2 heterocycles. The van der Waals surface area contributed by atoms with E-state index in [-0.39, 0.29) is 12.5 Å². The molecule has 1 aliphatic heterocycles. The third-order valence-electron chi connectivity index (χ3n) is 3.01. The Bertz CT molecular complexity index is 463. The molecular formula is C12H15N3O3. The Kier molecular flexibility index (Phi) is 3.29. The van der Waals surface area contributed by atoms with Crippen molar-refractivity contribution < 1.29 is 14.3 Å². The fraction of sp³-hybridized carbons (Fsp3) is 0.417. The second-order valence-corrected chi connectivity index (χ2v) is 4.41. The Morgan fingerprint density at radius 2 is 2.11 bits per heavy atom. The van der Waals surface area contributed by atoms with Crippen LogP contribution in [0.1, 0.15) is 17.3 Å². The number of rotatable bonds is 2. The predicted molar refractivity (Wildman–Crippen MR) is 63.7 cm³/mol. The van der Waals surface area contributed by atoms with Gasteiger partial charge >= 0.3 is 0 Å². The third kappa shape index (κ3) is 2.33. The number of carbonyl (C=O) groups excluding carboxylic acids is 2. The Hall–Kier alpha value is -1.95. The Morgan fingerprint density at radius 1 is 1.44 bits per heavy atom. The molecule has 1 fully saturated rings. The Morgan fingerprint density at radius 3 is 2.72 bits per heavy atom. The SMILES string of the molecule is CC1(C(N)=O)CN(C(=O)c2ccncc2)CCO1. The van der Waals surface area contributed by atoms with E-state index >= 15 is 0 Å². The molecule has 96 valence electrons. The molecule has 1 aromatic rings. The number of ether oxygens (including phenoxy) is 1. The summed E-state index contributed by atoms with van der Waals surface area (Å²) < 4.78 is 5.36. The van der Waals surface area contributed by atoms with Crippen LogP contribution in [0.5, 0.6) is 0 Å². The van der Waals surface area contributed by atoms with Crippen LogP contribution < -0.4 is 5.73 Å². The molecule has 0 aliphatic carbocycles. The maximum Gasteiger partial charge on any atom is 0.254 e. The normalized spacial score (nSPS) is 23.7. The monoisotopic (exact) mass is 249 g/mol. The summed E-state index contributed by atoms with van der Waals surface area (Å²) >= 11 is 0. The minimum absolute atomic E-state index is 0.145. The van der Waals surface area contributed by atoms with Crippen LogP contribution in [-0.2, 0) is 9.53 Å². The summed E-state index contributed by atoms with van der Waals surface area (Å²) in [5, 5.41) is 0. The number of carbonyl (C=O) groups is 2. The summed E-state index contributed by atoms with van der Waals surface area (Å²) in [6.07, 6.45) is 3.11. The van der Waals surface area contributed by atoms with Gasteiger partial charge in [-0.05, 0) is 19.1 Å². The fourth-order valence-corrected chi connectivity index (χ4v) is 1.87. The standard InChI is InChI=1S/C12H15N3O3/c1-12(11(13)17)8-15(6-7-18-12)10(16)9-2-4-14-5-3-9/h2-5H,6-8H2,1H3,(H2,13,17). The minimum Gasteiger partial charge on any atom is -0.367 e. The van der Waals surface area contributed by atoms with Crippen LogP contribution in [0.15, 0.2) is 24.5 Å². The molecule has 6 heteroatoms. The van der Waals surface area contributed by atoms with E-state index in [1.54, 1.807) is 36.4 Å². The molecule has 1 unspecified atom stereocenters. The zero-order chi connectivity index (χ0) is 13.2. The molecule has 0 spiro atoms. The van der Waals surface area contributed by atoms with E-state index in [1.807, 2.05) is 0 Å². The van der Waals surface area contributed by atoms with Gasteiger partial charge in [0.15, 0.2) is 5.60 Å². The lowest BCUT2D eigenvalue weighted by Crippen LogP contribution is -2.58. The molecule has 1 aromatic heterocycles. The molecule has 2 amide bonds. The summed E-state index contributed by atoms with van der Waals surface area (Å²) in [5.74, 6) is -0.706. The summed E-state index contributed by atoms with van der Waals surface area (Å²) in [5.41, 5.74) is 4.72. The van der Waals surface area contributed by atoms with E-state index in [0.717, 1.165) is 0 Å². The highest BCUT2D eigenvalue weighted by molar-refractivity contribution is 5.95. The molecule has 18 heavy (non-hydrogen) atoms. The molecule has 0 saturated carbocycles. The van der Waals surface area contributed by atoms with Crippen molar-refractivity contribution in [3.63, 3.8) is 0 Å². The lowest BCUT2D eigenvalue weighted by atomic mass is 10.0. The lowest BCUT2D eigenvalue weighted by Gasteiger charge is -2.38. The zero-order valence-electron chi connectivity index (χ0n) is 10.1. The molecule has 1 saturated heterocycles. The van der Waals surface area contributed by atoms with E-state index in [9.17, 15) is 9.59 Å². The van der Waals surface area contributed by atoms with Crippen LogP contribution in [0, 0.1) is 0 Å². The van der Waals surface area contributed by atoms with E-state index in [2.05, 4.69) is 4.98 Å². The molecule has 2 rings (SSSR count). The van der Waals surface area contributed by atoms with E-state index in [0.29, 0.717) is 18.7 Å². The van der Waals surface area contributed by atoms with Crippen LogP contribution in [0.3, 0.4) is 0 Å². The second kappa shape index (κ2) is 4.73. The highest BCUT2D eigenvalue weighted by Gasteiger charge is 2.39. The first-order valence-corrected chi connectivity index (χ1v) is 5.66. The zero-order valence-corrected chi connectivity index (χ0v) is 10.1. The van der Waals surface area contributed by atoms with Gasteiger partial charge in [-0.3, -0.25) is 14.6 Å². The first-order chi connectivity index (χ1) is 8.53. The minimum atomic E-state index is -1.11. The van der Waals surface area contributed by atoms with Crippen molar-refractivity contribution in [2.45, 2.75) is 12.5 Å². The van der Waals surface area contributed by atoms with Crippen molar-refractivity contribution in [2.24, 2.45) is 5.73 Å². The van der Waals surface area contributed by atoms with Gasteiger partial charge in [-0.1, -0.05) is 0 Å². The molecule has 1 atom stereocenters. The van der Waals surface area contributed by atoms with Crippen LogP contribution in [0.2, 0.25) is 0 Å². The van der Waals surface area contributed by atoms with Crippen LogP contribution >= 0.6 is 0 Å². The van der Waals surface area contributed by atoms with Gasteiger partial charge in [0.05, 0.1) is 13.2 Å². The number of primary amides is 1. The number of hydrogen-bond donors (Lipinski definition) is 1. The van der Waals surface area contributed by atoms with Gasteiger partial charge in [-0.25, -0.2) is 0 Å². The van der Waals surface area contributed by atoms with Gasteiger partial charge in [0.1, 0.15) is 0 Å². The maximum absolute atomic E-state index is 12.2. The van der Waals surface area contributed by atoms with Crippen molar-refractivity contribution in [3.05, 3.63) is 30.1 Å². The van der Waals surface area contributed by atoms with Crippen molar-refractivity contribution >= 4 is 11.8 Å². The van der Waals surface area contributed by atoms with Crippen LogP contribution in [0.25, 0.3) is 0 Å². The van der Waals surface area contributed by atoms with Crippen LogP contribution in [0.4, 0.5) is 0 Å². The summed E-state index contributed by atoms with van der Waals surface area (Å²) in [6, 6.07) is 3.28. The van der Waals surface area contributed by atoms with Gasteiger partial charge in [0.25, 0.3) is 11.8 Å². The van der Waals surface area contributed by atoms with Crippen LogP contribution in [-0.4, -0.2) is 47.0 Å². The number of nitrogens with zero attached hydrogens (tertiary/aromatic N) is 2. The van der Waals surface area contributed by atoms with Crippen molar-refractivity contribution in [1.82, 2.24) is 9.88 Å². The number of amides is 2. The molecule has 6 nitrogen and oxygen atoms in total. The average Bonchev–Trinajstić information content (AvgIpc) is 2.39. The summed E-state index contributed by atoms with van der Waals surface area (Å²) in [6.45, 7) is 2.52. The van der Waals surface area contributed by atoms with Gasteiger partial charge < -0.3 is 15.4 Å². The maximum atomic E-state index is 12.2. The number of pyridine rings is 1. The summed E-state index contributed by atoms with van der Waals surface area (Å²) in [7, 11) is 0. The quantitative estimate of drug-likeness (QED) is 0.786. The third-order valence-corrected chi connectivity index (χ3v) is 3.01. The molecular weight excluding hydrogens is 234 g/mol. The molecule has 0 aromatic carbocycles. The Balaban J connectivity index is 2.15. The Labute approximate surface area is 105 Å². The van der Waals surface area contributed by atoms with Gasteiger partial charge in [-0.15, -0.1) is 0 Å². The van der Waals surface area contributed by atoms with Crippen molar-refractivity contribution in [2.75, 3.05) is 19.7 Å². The lowest BCUT2D eigenvalue weighted by molar-refractivity contribution is -0.150. The highest BCUT2D eigenvalue weighted by Crippen LogP contribution is 2.18. The average molecular weight is 249 g/mol. The van der Waals surface area contributed by atoms with E-state index in [1.165, 1.54) is 0 Å². The predicted octanol–water partition coefficient (Wildman–Crippen LogP) is -0.202.